The van der Waals surface area contributed by atoms with E-state index in [4.69, 9.17) is 0 Å². The zero-order valence-electron chi connectivity index (χ0n) is 10.9. The SMILES string of the molecule is CCCCCCCCC(Br)c1cc(Br)ccc1Br. The molecule has 1 aromatic rings. The molecule has 0 spiro atoms. The van der Waals surface area contributed by atoms with Crippen LogP contribution in [0.4, 0.5) is 0 Å². The summed E-state index contributed by atoms with van der Waals surface area (Å²) >= 11 is 11.0. The lowest BCUT2D eigenvalue weighted by Gasteiger charge is -2.12. The molecule has 1 atom stereocenters. The van der Waals surface area contributed by atoms with Crippen molar-refractivity contribution in [1.82, 2.24) is 0 Å². The fourth-order valence-electron chi connectivity index (χ4n) is 2.01. The summed E-state index contributed by atoms with van der Waals surface area (Å²) in [4.78, 5) is 0.454. The van der Waals surface area contributed by atoms with Crippen LogP contribution in [0.15, 0.2) is 27.1 Å². The average Bonchev–Trinajstić information content (AvgIpc) is 2.36. The number of unbranched alkanes of at least 4 members (excludes halogenated alkanes) is 5. The van der Waals surface area contributed by atoms with Gasteiger partial charge in [-0.05, 0) is 30.2 Å². The largest absolute Gasteiger partial charge is 0.0838 e. The van der Waals surface area contributed by atoms with E-state index in [0.717, 1.165) is 4.47 Å². The minimum absolute atomic E-state index is 0.454. The third kappa shape index (κ3) is 6.21. The first kappa shape index (κ1) is 16.7. The van der Waals surface area contributed by atoms with E-state index < -0.39 is 0 Å². The Hall–Kier alpha value is 0.660. The van der Waals surface area contributed by atoms with Crippen LogP contribution in [-0.2, 0) is 0 Å². The molecule has 0 aliphatic heterocycles. The van der Waals surface area contributed by atoms with Crippen LogP contribution < -0.4 is 0 Å². The van der Waals surface area contributed by atoms with Gasteiger partial charge in [-0.2, -0.15) is 0 Å². The number of halogens is 3. The zero-order chi connectivity index (χ0) is 13.4. The molecule has 1 aromatic carbocycles. The van der Waals surface area contributed by atoms with Crippen LogP contribution >= 0.6 is 47.8 Å². The molecule has 0 nitrogen and oxygen atoms in total. The Morgan fingerprint density at radius 2 is 1.67 bits per heavy atom. The molecule has 0 aromatic heterocycles. The van der Waals surface area contributed by atoms with Crippen molar-refractivity contribution in [1.29, 1.82) is 0 Å². The fraction of sp³-hybridized carbons (Fsp3) is 0.600. The van der Waals surface area contributed by atoms with Crippen molar-refractivity contribution in [2.24, 2.45) is 0 Å². The first-order valence-electron chi connectivity index (χ1n) is 6.74. The Labute approximate surface area is 136 Å². The highest BCUT2D eigenvalue weighted by Gasteiger charge is 2.11. The quantitative estimate of drug-likeness (QED) is 0.292. The molecule has 0 N–H and O–H groups in total. The van der Waals surface area contributed by atoms with Crippen LogP contribution in [0.1, 0.15) is 62.3 Å². The highest BCUT2D eigenvalue weighted by Crippen LogP contribution is 2.35. The average molecular weight is 441 g/mol. The van der Waals surface area contributed by atoms with E-state index >= 15 is 0 Å². The topological polar surface area (TPSA) is 0 Å². The number of rotatable bonds is 8. The van der Waals surface area contributed by atoms with E-state index in [9.17, 15) is 0 Å². The Balaban J connectivity index is 2.31. The first-order valence-corrected chi connectivity index (χ1v) is 9.24. The second-order valence-electron chi connectivity index (χ2n) is 4.69. The summed E-state index contributed by atoms with van der Waals surface area (Å²) in [5, 5.41) is 0. The molecule has 18 heavy (non-hydrogen) atoms. The molecule has 1 rings (SSSR count). The van der Waals surface area contributed by atoms with Crippen LogP contribution in [0, 0.1) is 0 Å². The van der Waals surface area contributed by atoms with Gasteiger partial charge in [-0.1, -0.05) is 93.2 Å². The maximum atomic E-state index is 3.80. The third-order valence-corrected chi connectivity index (χ3v) is 5.27. The van der Waals surface area contributed by atoms with Gasteiger partial charge in [-0.3, -0.25) is 0 Å². The van der Waals surface area contributed by atoms with Crippen LogP contribution in [0.3, 0.4) is 0 Å². The van der Waals surface area contributed by atoms with Gasteiger partial charge in [0.15, 0.2) is 0 Å². The van der Waals surface area contributed by atoms with Crippen molar-refractivity contribution in [3.05, 3.63) is 32.7 Å². The molecule has 0 fully saturated rings. The van der Waals surface area contributed by atoms with Crippen LogP contribution in [0.5, 0.6) is 0 Å². The van der Waals surface area contributed by atoms with Gasteiger partial charge in [0.25, 0.3) is 0 Å². The summed E-state index contributed by atoms with van der Waals surface area (Å²) < 4.78 is 2.34. The lowest BCUT2D eigenvalue weighted by atomic mass is 10.0. The number of hydrogen-bond donors (Lipinski definition) is 0. The maximum Gasteiger partial charge on any atom is 0.0406 e. The molecule has 0 bridgehead atoms. The van der Waals surface area contributed by atoms with E-state index in [0.29, 0.717) is 4.83 Å². The van der Waals surface area contributed by atoms with Gasteiger partial charge < -0.3 is 0 Å². The molecule has 1 unspecified atom stereocenters. The van der Waals surface area contributed by atoms with Crippen molar-refractivity contribution in [2.75, 3.05) is 0 Å². The monoisotopic (exact) mass is 438 g/mol. The second-order valence-corrected chi connectivity index (χ2v) is 7.57. The predicted octanol–water partition coefficient (Wildman–Crippen LogP) is 7.40. The van der Waals surface area contributed by atoms with Crippen molar-refractivity contribution in [3.63, 3.8) is 0 Å². The van der Waals surface area contributed by atoms with E-state index in [2.05, 4.69) is 72.9 Å². The summed E-state index contributed by atoms with van der Waals surface area (Å²) in [7, 11) is 0. The van der Waals surface area contributed by atoms with Gasteiger partial charge in [0, 0.05) is 13.8 Å². The summed E-state index contributed by atoms with van der Waals surface area (Å²) in [6.07, 6.45) is 9.35. The summed E-state index contributed by atoms with van der Waals surface area (Å²) in [5.41, 5.74) is 1.35. The first-order chi connectivity index (χ1) is 8.65. The smallest absolute Gasteiger partial charge is 0.0406 e. The molecule has 0 amide bonds. The van der Waals surface area contributed by atoms with Gasteiger partial charge >= 0.3 is 0 Å². The van der Waals surface area contributed by atoms with Gasteiger partial charge in [0.05, 0.1) is 0 Å². The Morgan fingerprint density at radius 1 is 1.00 bits per heavy atom. The third-order valence-electron chi connectivity index (χ3n) is 3.11. The lowest BCUT2D eigenvalue weighted by molar-refractivity contribution is 0.588. The Kier molecular flexibility index (Phi) is 8.86. The lowest BCUT2D eigenvalue weighted by Crippen LogP contribution is -1.92. The van der Waals surface area contributed by atoms with Crippen molar-refractivity contribution < 1.29 is 0 Å². The van der Waals surface area contributed by atoms with Crippen molar-refractivity contribution in [3.8, 4) is 0 Å². The minimum Gasteiger partial charge on any atom is -0.0838 e. The van der Waals surface area contributed by atoms with E-state index in [-0.39, 0.29) is 0 Å². The van der Waals surface area contributed by atoms with Gasteiger partial charge in [0.1, 0.15) is 0 Å². The van der Waals surface area contributed by atoms with Crippen molar-refractivity contribution in [2.45, 2.75) is 56.7 Å². The molecule has 102 valence electrons. The van der Waals surface area contributed by atoms with Crippen LogP contribution in [-0.4, -0.2) is 0 Å². The Bertz CT molecular complexity index is 350. The van der Waals surface area contributed by atoms with Crippen LogP contribution in [0.25, 0.3) is 0 Å². The maximum absolute atomic E-state index is 3.80. The molecule has 0 saturated carbocycles. The summed E-state index contributed by atoms with van der Waals surface area (Å²) in [6.45, 7) is 2.26. The van der Waals surface area contributed by atoms with Gasteiger partial charge in [-0.25, -0.2) is 0 Å². The highest BCUT2D eigenvalue weighted by atomic mass is 79.9. The number of benzene rings is 1. The number of hydrogen-bond acceptors (Lipinski definition) is 0. The van der Waals surface area contributed by atoms with E-state index in [1.165, 1.54) is 55.0 Å². The molecule has 3 heteroatoms. The molecular weight excluding hydrogens is 420 g/mol. The van der Waals surface area contributed by atoms with E-state index in [1.807, 2.05) is 0 Å². The molecule has 0 heterocycles. The molecule has 0 aliphatic rings. The molecule has 0 radical (unpaired) electrons. The normalized spacial score (nSPS) is 12.7. The van der Waals surface area contributed by atoms with Gasteiger partial charge in [-0.15, -0.1) is 0 Å². The predicted molar refractivity (Wildman–Crippen MR) is 91.5 cm³/mol. The van der Waals surface area contributed by atoms with E-state index in [1.54, 1.807) is 0 Å². The zero-order valence-corrected chi connectivity index (χ0v) is 15.7. The van der Waals surface area contributed by atoms with Crippen molar-refractivity contribution >= 4 is 47.8 Å². The number of alkyl halides is 1. The Morgan fingerprint density at radius 3 is 2.39 bits per heavy atom. The highest BCUT2D eigenvalue weighted by molar-refractivity contribution is 9.11. The summed E-state index contributed by atoms with van der Waals surface area (Å²) in [6, 6.07) is 6.37. The molecule has 0 saturated heterocycles. The standard InChI is InChI=1S/C15H21Br3/c1-2-3-4-5-6-7-8-14(17)13-11-12(16)9-10-15(13)18/h9-11,14H,2-8H2,1H3. The summed E-state index contributed by atoms with van der Waals surface area (Å²) in [5.74, 6) is 0. The second kappa shape index (κ2) is 9.55. The molecular formula is C15H21Br3. The minimum atomic E-state index is 0.454. The van der Waals surface area contributed by atoms with Crippen LogP contribution in [0.2, 0.25) is 0 Å². The fourth-order valence-corrected chi connectivity index (χ4v) is 3.93. The molecule has 0 aliphatic carbocycles. The van der Waals surface area contributed by atoms with Gasteiger partial charge in [0.2, 0.25) is 0 Å².